The Kier molecular flexibility index (Phi) is 8.46. The molecule has 4 rings (SSSR count). The fraction of sp³-hybridized carbons (Fsp3) is 0.133. The highest BCUT2D eigenvalue weighted by atomic mass is 16.5. The van der Waals surface area contributed by atoms with Crippen molar-refractivity contribution >= 4 is 23.1 Å². The summed E-state index contributed by atoms with van der Waals surface area (Å²) in [6.07, 6.45) is 0. The molecule has 7 N–H and O–H groups in total. The number of anilines is 2. The van der Waals surface area contributed by atoms with Crippen molar-refractivity contribution in [3.8, 4) is 11.5 Å². The zero-order valence-corrected chi connectivity index (χ0v) is 21.1. The monoisotopic (exact) mass is 509 g/mol. The van der Waals surface area contributed by atoms with Crippen molar-refractivity contribution in [2.75, 3.05) is 18.2 Å². The number of hydrogen-bond acceptors (Lipinski definition) is 6. The second-order valence-corrected chi connectivity index (χ2v) is 8.71. The van der Waals surface area contributed by atoms with Gasteiger partial charge in [0, 0.05) is 23.5 Å². The van der Waals surface area contributed by atoms with Crippen molar-refractivity contribution in [2.45, 2.75) is 19.2 Å². The molecule has 0 spiro atoms. The second-order valence-electron chi connectivity index (χ2n) is 8.71. The van der Waals surface area contributed by atoms with Crippen LogP contribution in [0, 0.1) is 5.41 Å². The molecule has 0 radical (unpaired) electrons. The van der Waals surface area contributed by atoms with Crippen LogP contribution >= 0.6 is 0 Å². The van der Waals surface area contributed by atoms with Crippen molar-refractivity contribution in [3.63, 3.8) is 0 Å². The van der Waals surface area contributed by atoms with Crippen LogP contribution in [0.1, 0.15) is 28.3 Å². The summed E-state index contributed by atoms with van der Waals surface area (Å²) < 4.78 is 11.6. The van der Waals surface area contributed by atoms with Crippen LogP contribution in [0.4, 0.5) is 11.4 Å². The number of carbonyl (C=O) groups is 1. The van der Waals surface area contributed by atoms with Crippen molar-refractivity contribution in [2.24, 2.45) is 5.73 Å². The summed E-state index contributed by atoms with van der Waals surface area (Å²) in [6, 6.07) is 28.9. The minimum Gasteiger partial charge on any atom is -0.493 e. The number of amidine groups is 1. The number of amides is 1. The Labute approximate surface area is 222 Å². The zero-order valence-electron chi connectivity index (χ0n) is 21.1. The fourth-order valence-electron chi connectivity index (χ4n) is 3.86. The first-order valence-electron chi connectivity index (χ1n) is 12.1. The number of hydrogen-bond donors (Lipinski definition) is 5. The van der Waals surface area contributed by atoms with Gasteiger partial charge in [0.15, 0.2) is 11.5 Å². The Morgan fingerprint density at radius 2 is 1.61 bits per heavy atom. The van der Waals surface area contributed by atoms with Gasteiger partial charge in [-0.1, -0.05) is 48.5 Å². The minimum atomic E-state index is -0.732. The van der Waals surface area contributed by atoms with Crippen LogP contribution in [0.3, 0.4) is 0 Å². The van der Waals surface area contributed by atoms with E-state index in [2.05, 4.69) is 10.6 Å². The highest BCUT2D eigenvalue weighted by Gasteiger charge is 2.22. The van der Waals surface area contributed by atoms with Gasteiger partial charge in [0.1, 0.15) is 18.5 Å². The van der Waals surface area contributed by atoms with E-state index in [9.17, 15) is 4.79 Å². The Bertz CT molecular complexity index is 1370. The Morgan fingerprint density at radius 3 is 2.26 bits per heavy atom. The number of nitrogen functional groups attached to an aromatic ring is 2. The molecule has 194 valence electrons. The molecule has 0 fully saturated rings. The summed E-state index contributed by atoms with van der Waals surface area (Å²) in [7, 11) is 1.57. The molecule has 4 aromatic rings. The van der Waals surface area contributed by atoms with E-state index in [-0.39, 0.29) is 11.7 Å². The third kappa shape index (κ3) is 6.82. The van der Waals surface area contributed by atoms with Crippen LogP contribution in [0.5, 0.6) is 11.5 Å². The lowest BCUT2D eigenvalue weighted by Crippen LogP contribution is -2.33. The lowest BCUT2D eigenvalue weighted by molar-refractivity contribution is -0.122. The normalized spacial score (nSPS) is 11.3. The van der Waals surface area contributed by atoms with Crippen LogP contribution in [-0.2, 0) is 17.9 Å². The molecule has 4 aromatic carbocycles. The summed E-state index contributed by atoms with van der Waals surface area (Å²) in [5.74, 6) is 0.845. The fourth-order valence-corrected chi connectivity index (χ4v) is 3.86. The van der Waals surface area contributed by atoms with E-state index >= 15 is 0 Å². The van der Waals surface area contributed by atoms with Crippen LogP contribution < -0.4 is 31.6 Å². The number of methoxy groups -OCH3 is 1. The molecule has 1 atom stereocenters. The molecule has 1 amide bonds. The van der Waals surface area contributed by atoms with Gasteiger partial charge in [-0.25, -0.2) is 0 Å². The highest BCUT2D eigenvalue weighted by Crippen LogP contribution is 2.32. The van der Waals surface area contributed by atoms with Crippen LogP contribution in [0.2, 0.25) is 0 Å². The molecule has 0 saturated heterocycles. The maximum Gasteiger partial charge on any atom is 0.247 e. The van der Waals surface area contributed by atoms with Gasteiger partial charge < -0.3 is 31.6 Å². The average Bonchev–Trinajstić information content (AvgIpc) is 2.95. The lowest BCUT2D eigenvalue weighted by atomic mass is 10.0. The number of nitrogens with one attached hydrogen (secondary N) is 3. The summed E-state index contributed by atoms with van der Waals surface area (Å²) in [5.41, 5.74) is 16.0. The van der Waals surface area contributed by atoms with Gasteiger partial charge in [0.2, 0.25) is 5.91 Å². The number of ether oxygens (including phenoxy) is 2. The number of rotatable bonds is 11. The first kappa shape index (κ1) is 26.1. The van der Waals surface area contributed by atoms with Crippen LogP contribution in [0.15, 0.2) is 97.1 Å². The van der Waals surface area contributed by atoms with E-state index in [1.807, 2.05) is 48.5 Å². The van der Waals surface area contributed by atoms with Crippen molar-refractivity contribution in [1.29, 1.82) is 5.41 Å². The van der Waals surface area contributed by atoms with E-state index in [0.29, 0.717) is 47.2 Å². The molecule has 8 heteroatoms. The highest BCUT2D eigenvalue weighted by molar-refractivity contribution is 5.95. The van der Waals surface area contributed by atoms with Gasteiger partial charge in [0.25, 0.3) is 0 Å². The van der Waals surface area contributed by atoms with Gasteiger partial charge in [-0.3, -0.25) is 10.2 Å². The zero-order chi connectivity index (χ0) is 26.9. The third-order valence-electron chi connectivity index (χ3n) is 5.97. The summed E-state index contributed by atoms with van der Waals surface area (Å²) in [5, 5.41) is 13.9. The predicted molar refractivity (Wildman–Crippen MR) is 150 cm³/mol. The molecular formula is C30H31N5O3. The Morgan fingerprint density at radius 1 is 0.895 bits per heavy atom. The molecule has 0 aliphatic rings. The second kappa shape index (κ2) is 12.3. The van der Waals surface area contributed by atoms with Gasteiger partial charge in [-0.2, -0.15) is 0 Å². The first-order valence-corrected chi connectivity index (χ1v) is 12.1. The Hall–Kier alpha value is -4.98. The smallest absolute Gasteiger partial charge is 0.247 e. The number of nitrogens with two attached hydrogens (primary N) is 2. The molecule has 0 aliphatic heterocycles. The molecule has 0 aliphatic carbocycles. The lowest BCUT2D eigenvalue weighted by Gasteiger charge is -2.22. The van der Waals surface area contributed by atoms with E-state index < -0.39 is 6.04 Å². The standard InChI is InChI=1S/C30H31N5O3/c1-37-27-17-23(11-16-26(27)38-19-21-5-3-2-4-6-21)28(35-25-14-9-22(10-15-25)29(32)33)30(36)34-18-20-7-12-24(31)13-8-20/h2-17,28,35H,18-19,31H2,1H3,(H3,32,33)(H,34,36)/t28-/m0/s1. The van der Waals surface area contributed by atoms with E-state index in [1.54, 1.807) is 55.6 Å². The average molecular weight is 510 g/mol. The quantitative estimate of drug-likeness (QED) is 0.114. The largest absolute Gasteiger partial charge is 0.493 e. The van der Waals surface area contributed by atoms with Crippen molar-refractivity contribution in [3.05, 3.63) is 119 Å². The molecular weight excluding hydrogens is 478 g/mol. The van der Waals surface area contributed by atoms with Crippen molar-refractivity contribution < 1.29 is 14.3 Å². The molecule has 0 aromatic heterocycles. The maximum atomic E-state index is 13.4. The molecule has 0 bridgehead atoms. The molecule has 0 saturated carbocycles. The van der Waals surface area contributed by atoms with Gasteiger partial charge in [0.05, 0.1) is 7.11 Å². The van der Waals surface area contributed by atoms with E-state index in [0.717, 1.165) is 11.1 Å². The Balaban J connectivity index is 1.56. The van der Waals surface area contributed by atoms with Crippen LogP contribution in [0.25, 0.3) is 0 Å². The van der Waals surface area contributed by atoms with E-state index in [1.165, 1.54) is 0 Å². The summed E-state index contributed by atoms with van der Waals surface area (Å²) in [6.45, 7) is 0.735. The summed E-state index contributed by atoms with van der Waals surface area (Å²) >= 11 is 0. The van der Waals surface area contributed by atoms with Gasteiger partial charge in [-0.05, 0) is 65.2 Å². The van der Waals surface area contributed by atoms with Crippen LogP contribution in [-0.4, -0.2) is 18.9 Å². The number of benzene rings is 4. The molecule has 8 nitrogen and oxygen atoms in total. The first-order chi connectivity index (χ1) is 18.4. The number of carbonyl (C=O) groups excluding carboxylic acids is 1. The topological polar surface area (TPSA) is 135 Å². The summed E-state index contributed by atoms with van der Waals surface area (Å²) in [4.78, 5) is 13.4. The minimum absolute atomic E-state index is 0.0230. The molecule has 0 unspecified atom stereocenters. The SMILES string of the molecule is COc1cc([C@H](Nc2ccc(C(=N)N)cc2)C(=O)NCc2ccc(N)cc2)ccc1OCc1ccccc1. The third-order valence-corrected chi connectivity index (χ3v) is 5.97. The van der Waals surface area contributed by atoms with Gasteiger partial charge in [-0.15, -0.1) is 0 Å². The van der Waals surface area contributed by atoms with Crippen molar-refractivity contribution in [1.82, 2.24) is 5.32 Å². The molecule has 0 heterocycles. The van der Waals surface area contributed by atoms with Gasteiger partial charge >= 0.3 is 0 Å². The predicted octanol–water partition coefficient (Wildman–Crippen LogP) is 4.61. The van der Waals surface area contributed by atoms with E-state index in [4.69, 9.17) is 26.4 Å². The molecule has 38 heavy (non-hydrogen) atoms. The maximum absolute atomic E-state index is 13.4.